The van der Waals surface area contributed by atoms with Crippen LogP contribution in [0.3, 0.4) is 0 Å². The second-order valence-corrected chi connectivity index (χ2v) is 10.4. The van der Waals surface area contributed by atoms with E-state index in [0.29, 0.717) is 35.2 Å². The third-order valence-corrected chi connectivity index (χ3v) is 7.88. The van der Waals surface area contributed by atoms with Crippen LogP contribution >= 0.6 is 22.9 Å². The number of nitrogens with one attached hydrogen (secondary N) is 1. The maximum Gasteiger partial charge on any atom is 0.322 e. The van der Waals surface area contributed by atoms with Gasteiger partial charge in [0.25, 0.3) is 0 Å². The number of hydrogen-bond donors (Lipinski definition) is 1. The van der Waals surface area contributed by atoms with Gasteiger partial charge in [0.1, 0.15) is 13.2 Å². The highest BCUT2D eigenvalue weighted by Gasteiger charge is 2.34. The lowest BCUT2D eigenvalue weighted by atomic mass is 10.00. The average molecular weight is 542 g/mol. The molecule has 1 aromatic heterocycles. The molecule has 9 heteroatoms. The Balaban J connectivity index is 1.52. The summed E-state index contributed by atoms with van der Waals surface area (Å²) < 4.78 is 11.6. The molecule has 1 aliphatic heterocycles. The summed E-state index contributed by atoms with van der Waals surface area (Å²) in [6.45, 7) is 4.76. The molecule has 4 rings (SSSR count). The SMILES string of the molecule is CC[C@H](C)N(CC(=O)N1CCc2sccc2[C@H]1COc1ccccc1OC)C(=O)Nc1cccc(Cl)c1. The first-order valence-corrected chi connectivity index (χ1v) is 13.6. The first kappa shape index (κ1) is 26.8. The van der Waals surface area contributed by atoms with Gasteiger partial charge in [-0.1, -0.05) is 36.7 Å². The maximum atomic E-state index is 13.7. The van der Waals surface area contributed by atoms with Crippen molar-refractivity contribution < 1.29 is 19.1 Å². The van der Waals surface area contributed by atoms with E-state index >= 15 is 0 Å². The van der Waals surface area contributed by atoms with Crippen LogP contribution < -0.4 is 14.8 Å². The van der Waals surface area contributed by atoms with Gasteiger partial charge in [0.05, 0.1) is 13.2 Å². The summed E-state index contributed by atoms with van der Waals surface area (Å²) in [5.41, 5.74) is 1.68. The van der Waals surface area contributed by atoms with Crippen LogP contribution in [-0.2, 0) is 11.2 Å². The summed E-state index contributed by atoms with van der Waals surface area (Å²) in [6, 6.07) is 15.8. The molecule has 3 aromatic rings. The summed E-state index contributed by atoms with van der Waals surface area (Å²) in [5, 5.41) is 5.47. The number of urea groups is 1. The van der Waals surface area contributed by atoms with Crippen LogP contribution in [0.4, 0.5) is 10.5 Å². The van der Waals surface area contributed by atoms with Crippen LogP contribution in [0.15, 0.2) is 60.0 Å². The fourth-order valence-corrected chi connectivity index (χ4v) is 5.55. The van der Waals surface area contributed by atoms with Crippen LogP contribution in [0.2, 0.25) is 5.02 Å². The van der Waals surface area contributed by atoms with E-state index < -0.39 is 0 Å². The van der Waals surface area contributed by atoms with Gasteiger partial charge in [-0.3, -0.25) is 4.79 Å². The van der Waals surface area contributed by atoms with E-state index in [0.717, 1.165) is 12.0 Å². The van der Waals surface area contributed by atoms with Gasteiger partial charge in [-0.05, 0) is 67.1 Å². The maximum absolute atomic E-state index is 13.7. The molecule has 2 aromatic carbocycles. The minimum Gasteiger partial charge on any atom is -0.493 e. The zero-order valence-electron chi connectivity index (χ0n) is 21.3. The Morgan fingerprint density at radius 3 is 2.70 bits per heavy atom. The van der Waals surface area contributed by atoms with Gasteiger partial charge in [-0.15, -0.1) is 11.3 Å². The van der Waals surface area contributed by atoms with E-state index in [-0.39, 0.29) is 37.2 Å². The number of amides is 3. The van der Waals surface area contributed by atoms with Gasteiger partial charge in [0, 0.05) is 28.2 Å². The fraction of sp³-hybridized carbons (Fsp3) is 0.357. The van der Waals surface area contributed by atoms with Crippen LogP contribution in [-0.4, -0.2) is 54.6 Å². The van der Waals surface area contributed by atoms with E-state index in [2.05, 4.69) is 16.8 Å². The van der Waals surface area contributed by atoms with Crippen LogP contribution in [0, 0.1) is 0 Å². The number of methoxy groups -OCH3 is 1. The number of fused-ring (bicyclic) bond motifs is 1. The van der Waals surface area contributed by atoms with E-state index in [1.165, 1.54) is 4.88 Å². The number of rotatable bonds is 9. The Hall–Kier alpha value is -3.23. The number of benzene rings is 2. The molecule has 0 aliphatic carbocycles. The summed E-state index contributed by atoms with van der Waals surface area (Å²) in [6.07, 6.45) is 1.49. The average Bonchev–Trinajstić information content (AvgIpc) is 3.39. The Morgan fingerprint density at radius 2 is 1.97 bits per heavy atom. The quantitative estimate of drug-likeness (QED) is 0.348. The van der Waals surface area contributed by atoms with Gasteiger partial charge >= 0.3 is 6.03 Å². The number of anilines is 1. The summed E-state index contributed by atoms with van der Waals surface area (Å²) in [5.74, 6) is 1.15. The topological polar surface area (TPSA) is 71.1 Å². The number of hydrogen-bond acceptors (Lipinski definition) is 5. The van der Waals surface area contributed by atoms with Crippen molar-refractivity contribution in [3.8, 4) is 11.5 Å². The molecule has 196 valence electrons. The molecule has 7 nitrogen and oxygen atoms in total. The molecule has 0 fully saturated rings. The molecule has 0 unspecified atom stereocenters. The number of para-hydroxylation sites is 2. The number of ether oxygens (including phenoxy) is 2. The van der Waals surface area contributed by atoms with Crippen molar-refractivity contribution in [1.29, 1.82) is 0 Å². The highest BCUT2D eigenvalue weighted by atomic mass is 35.5. The number of carbonyl (C=O) groups excluding carboxylic acids is 2. The molecule has 37 heavy (non-hydrogen) atoms. The summed E-state index contributed by atoms with van der Waals surface area (Å²) in [4.78, 5) is 31.6. The standard InChI is InChI=1S/C28H32ClN3O4S/c1-4-19(2)32(28(34)30-21-9-7-8-20(29)16-21)17-27(33)31-14-12-26-22(13-15-37-26)23(31)18-36-25-11-6-5-10-24(25)35-3/h5-11,13,15-16,19,23H,4,12,14,17-18H2,1-3H3,(H,30,34)/t19-,23+/m0/s1. The van der Waals surface area contributed by atoms with Crippen molar-refractivity contribution in [1.82, 2.24) is 9.80 Å². The highest BCUT2D eigenvalue weighted by Crippen LogP contribution is 2.35. The number of nitrogens with zero attached hydrogens (tertiary/aromatic N) is 2. The lowest BCUT2D eigenvalue weighted by molar-refractivity contribution is -0.135. The van der Waals surface area contributed by atoms with E-state index in [1.807, 2.05) is 43.0 Å². The molecule has 0 saturated heterocycles. The monoisotopic (exact) mass is 541 g/mol. The Kier molecular flexibility index (Phi) is 8.95. The largest absolute Gasteiger partial charge is 0.493 e. The smallest absolute Gasteiger partial charge is 0.322 e. The predicted octanol–water partition coefficient (Wildman–Crippen LogP) is 6.25. The second-order valence-electron chi connectivity index (χ2n) is 8.94. The van der Waals surface area contributed by atoms with Crippen molar-refractivity contribution in [3.05, 3.63) is 75.4 Å². The van der Waals surface area contributed by atoms with Gasteiger partial charge < -0.3 is 24.6 Å². The highest BCUT2D eigenvalue weighted by molar-refractivity contribution is 7.10. The van der Waals surface area contributed by atoms with Crippen LogP contribution in [0.1, 0.15) is 36.8 Å². The van der Waals surface area contributed by atoms with Crippen LogP contribution in [0.5, 0.6) is 11.5 Å². The summed E-state index contributed by atoms with van der Waals surface area (Å²) >= 11 is 7.78. The second kappa shape index (κ2) is 12.3. The van der Waals surface area contributed by atoms with Gasteiger partial charge in [0.15, 0.2) is 11.5 Å². The van der Waals surface area contributed by atoms with Crippen molar-refractivity contribution in [2.45, 2.75) is 38.8 Å². The zero-order chi connectivity index (χ0) is 26.4. The number of halogens is 1. The molecule has 2 atom stereocenters. The Labute approximate surface area is 226 Å². The molecule has 2 heterocycles. The van der Waals surface area contributed by atoms with Crippen molar-refractivity contribution in [2.75, 3.05) is 32.1 Å². The Bertz CT molecular complexity index is 1230. The molecule has 1 aliphatic rings. The third-order valence-electron chi connectivity index (χ3n) is 6.65. The molecular formula is C28H32ClN3O4S. The zero-order valence-corrected chi connectivity index (χ0v) is 22.8. The molecule has 3 amide bonds. The van der Waals surface area contributed by atoms with Gasteiger partial charge in [0.2, 0.25) is 5.91 Å². The first-order valence-electron chi connectivity index (χ1n) is 12.4. The minimum atomic E-state index is -0.333. The molecule has 0 radical (unpaired) electrons. The van der Waals surface area contributed by atoms with Gasteiger partial charge in [-0.25, -0.2) is 4.79 Å². The molecule has 0 bridgehead atoms. The van der Waals surface area contributed by atoms with E-state index in [4.69, 9.17) is 21.1 Å². The molecule has 0 saturated carbocycles. The molecule has 0 spiro atoms. The molecule has 1 N–H and O–H groups in total. The Morgan fingerprint density at radius 1 is 1.19 bits per heavy atom. The van der Waals surface area contributed by atoms with Crippen molar-refractivity contribution in [2.24, 2.45) is 0 Å². The lowest BCUT2D eigenvalue weighted by Crippen LogP contribution is -2.50. The van der Waals surface area contributed by atoms with E-state index in [1.54, 1.807) is 47.6 Å². The molecular weight excluding hydrogens is 510 g/mol. The van der Waals surface area contributed by atoms with E-state index in [9.17, 15) is 9.59 Å². The predicted molar refractivity (Wildman–Crippen MR) is 148 cm³/mol. The van der Waals surface area contributed by atoms with Gasteiger partial charge in [-0.2, -0.15) is 0 Å². The van der Waals surface area contributed by atoms with Crippen molar-refractivity contribution in [3.63, 3.8) is 0 Å². The summed E-state index contributed by atoms with van der Waals surface area (Å²) in [7, 11) is 1.60. The minimum absolute atomic E-state index is 0.0357. The number of thiophene rings is 1. The number of carbonyl (C=O) groups is 2. The van der Waals surface area contributed by atoms with Crippen molar-refractivity contribution >= 4 is 40.6 Å². The first-order chi connectivity index (χ1) is 17.9. The lowest BCUT2D eigenvalue weighted by Gasteiger charge is -2.38. The third kappa shape index (κ3) is 6.37. The fourth-order valence-electron chi connectivity index (χ4n) is 4.43. The van der Waals surface area contributed by atoms with Crippen LogP contribution in [0.25, 0.3) is 0 Å². The normalized spacial score (nSPS) is 15.5.